The molecule has 2 amide bonds. The summed E-state index contributed by atoms with van der Waals surface area (Å²) in [6.07, 6.45) is 5.56. The molecule has 0 aromatic carbocycles. The normalized spacial score (nSPS) is 17.5. The maximum Gasteiger partial charge on any atom is 0.289 e. The lowest BCUT2D eigenvalue weighted by atomic mass is 9.97. The molecule has 24 heavy (non-hydrogen) atoms. The first-order chi connectivity index (χ1) is 11.7. The zero-order valence-corrected chi connectivity index (χ0v) is 13.5. The first kappa shape index (κ1) is 16.2. The molecule has 0 radical (unpaired) electrons. The summed E-state index contributed by atoms with van der Waals surface area (Å²) in [4.78, 5) is 30.6. The van der Waals surface area contributed by atoms with Gasteiger partial charge in [-0.15, -0.1) is 0 Å². The number of nitrogens with one attached hydrogen (secondary N) is 1. The number of nitrogens with zero attached hydrogens (tertiary/aromatic N) is 2. The van der Waals surface area contributed by atoms with Crippen molar-refractivity contribution in [1.29, 1.82) is 0 Å². The average Bonchev–Trinajstić information content (AvgIpc) is 3.16. The number of furan rings is 1. The lowest BCUT2D eigenvalue weighted by molar-refractivity contribution is -0.126. The van der Waals surface area contributed by atoms with E-state index < -0.39 is 0 Å². The van der Waals surface area contributed by atoms with Gasteiger partial charge in [-0.2, -0.15) is 0 Å². The molecule has 0 aliphatic carbocycles. The van der Waals surface area contributed by atoms with Crippen LogP contribution in [0.3, 0.4) is 0 Å². The Bertz CT molecular complexity index is 670. The summed E-state index contributed by atoms with van der Waals surface area (Å²) in [6, 6.07) is 9.09. The SMILES string of the molecule is O=C(NCCc1ccccn1)[C@H]1CCCN(C(=O)c2ccco2)C1. The van der Waals surface area contributed by atoms with Gasteiger partial charge in [0.1, 0.15) is 0 Å². The van der Waals surface area contributed by atoms with Crippen molar-refractivity contribution in [3.63, 3.8) is 0 Å². The lowest BCUT2D eigenvalue weighted by Crippen LogP contribution is -2.45. The third-order valence-electron chi connectivity index (χ3n) is 4.22. The van der Waals surface area contributed by atoms with Gasteiger partial charge < -0.3 is 14.6 Å². The van der Waals surface area contributed by atoms with E-state index in [4.69, 9.17) is 4.42 Å². The molecule has 3 rings (SSSR count). The molecule has 0 unspecified atom stereocenters. The highest BCUT2D eigenvalue weighted by atomic mass is 16.3. The summed E-state index contributed by atoms with van der Waals surface area (Å²) < 4.78 is 5.16. The maximum absolute atomic E-state index is 12.4. The minimum Gasteiger partial charge on any atom is -0.459 e. The van der Waals surface area contributed by atoms with Crippen LogP contribution in [0, 0.1) is 5.92 Å². The van der Waals surface area contributed by atoms with Crippen molar-refractivity contribution >= 4 is 11.8 Å². The van der Waals surface area contributed by atoms with Crippen molar-refractivity contribution in [2.75, 3.05) is 19.6 Å². The van der Waals surface area contributed by atoms with Crippen LogP contribution in [-0.4, -0.2) is 41.3 Å². The number of piperidine rings is 1. The smallest absolute Gasteiger partial charge is 0.289 e. The molecule has 1 N–H and O–H groups in total. The van der Waals surface area contributed by atoms with Crippen LogP contribution in [0.5, 0.6) is 0 Å². The molecular formula is C18H21N3O3. The van der Waals surface area contributed by atoms with Gasteiger partial charge in [-0.25, -0.2) is 0 Å². The molecule has 0 spiro atoms. The third-order valence-corrected chi connectivity index (χ3v) is 4.22. The van der Waals surface area contributed by atoms with Gasteiger partial charge in [0, 0.05) is 37.9 Å². The molecule has 126 valence electrons. The number of aromatic nitrogens is 1. The van der Waals surface area contributed by atoms with Crippen molar-refractivity contribution < 1.29 is 14.0 Å². The first-order valence-electron chi connectivity index (χ1n) is 8.24. The van der Waals surface area contributed by atoms with E-state index in [0.29, 0.717) is 31.8 Å². The third kappa shape index (κ3) is 4.01. The molecule has 3 heterocycles. The van der Waals surface area contributed by atoms with Crippen LogP contribution in [0.1, 0.15) is 29.1 Å². The Morgan fingerprint density at radius 2 is 2.21 bits per heavy atom. The minimum absolute atomic E-state index is 0.00266. The molecule has 2 aromatic heterocycles. The number of rotatable bonds is 5. The summed E-state index contributed by atoms with van der Waals surface area (Å²) in [7, 11) is 0. The fourth-order valence-electron chi connectivity index (χ4n) is 2.94. The van der Waals surface area contributed by atoms with Crippen LogP contribution < -0.4 is 5.32 Å². The largest absolute Gasteiger partial charge is 0.459 e. The Morgan fingerprint density at radius 3 is 2.96 bits per heavy atom. The van der Waals surface area contributed by atoms with Crippen LogP contribution in [0.2, 0.25) is 0 Å². The van der Waals surface area contributed by atoms with Crippen LogP contribution in [0.15, 0.2) is 47.2 Å². The average molecular weight is 327 g/mol. The maximum atomic E-state index is 12.4. The van der Waals surface area contributed by atoms with Crippen molar-refractivity contribution in [3.8, 4) is 0 Å². The molecule has 2 aromatic rings. The van der Waals surface area contributed by atoms with Crippen molar-refractivity contribution in [3.05, 3.63) is 54.2 Å². The second-order valence-electron chi connectivity index (χ2n) is 5.93. The van der Waals surface area contributed by atoms with E-state index in [1.54, 1.807) is 23.2 Å². The van der Waals surface area contributed by atoms with E-state index in [0.717, 1.165) is 18.5 Å². The second-order valence-corrected chi connectivity index (χ2v) is 5.93. The van der Waals surface area contributed by atoms with Gasteiger partial charge in [-0.05, 0) is 37.1 Å². The molecule has 1 aliphatic heterocycles. The topological polar surface area (TPSA) is 75.4 Å². The van der Waals surface area contributed by atoms with Crippen LogP contribution in [-0.2, 0) is 11.2 Å². The van der Waals surface area contributed by atoms with E-state index in [1.807, 2.05) is 18.2 Å². The number of pyridine rings is 1. The van der Waals surface area contributed by atoms with Crippen molar-refractivity contribution in [2.45, 2.75) is 19.3 Å². The second kappa shape index (κ2) is 7.77. The number of likely N-dealkylation sites (tertiary alicyclic amines) is 1. The predicted molar refractivity (Wildman–Crippen MR) is 88.3 cm³/mol. The van der Waals surface area contributed by atoms with Gasteiger partial charge >= 0.3 is 0 Å². The van der Waals surface area contributed by atoms with Crippen LogP contribution >= 0.6 is 0 Å². The quantitative estimate of drug-likeness (QED) is 0.910. The fourth-order valence-corrected chi connectivity index (χ4v) is 2.94. The van der Waals surface area contributed by atoms with E-state index >= 15 is 0 Å². The monoisotopic (exact) mass is 327 g/mol. The van der Waals surface area contributed by atoms with Crippen molar-refractivity contribution in [1.82, 2.24) is 15.2 Å². The molecule has 1 saturated heterocycles. The zero-order chi connectivity index (χ0) is 16.8. The number of amides is 2. The molecule has 0 saturated carbocycles. The summed E-state index contributed by atoms with van der Waals surface area (Å²) in [6.45, 7) is 1.66. The fraction of sp³-hybridized carbons (Fsp3) is 0.389. The van der Waals surface area contributed by atoms with Gasteiger partial charge in [-0.1, -0.05) is 6.07 Å². The number of carbonyl (C=O) groups is 2. The number of hydrogen-bond donors (Lipinski definition) is 1. The Labute approximate surface area is 140 Å². The predicted octanol–water partition coefficient (Wildman–Crippen LogP) is 1.89. The lowest BCUT2D eigenvalue weighted by Gasteiger charge is -2.31. The highest BCUT2D eigenvalue weighted by Crippen LogP contribution is 2.19. The summed E-state index contributed by atoms with van der Waals surface area (Å²) in [5.74, 6) is 0.0152. The van der Waals surface area contributed by atoms with Gasteiger partial charge in [0.05, 0.1) is 12.2 Å². The Balaban J connectivity index is 1.49. The number of hydrogen-bond acceptors (Lipinski definition) is 4. The van der Waals surface area contributed by atoms with E-state index in [1.165, 1.54) is 6.26 Å². The Hall–Kier alpha value is -2.63. The summed E-state index contributed by atoms with van der Waals surface area (Å²) >= 11 is 0. The van der Waals surface area contributed by atoms with Gasteiger partial charge in [-0.3, -0.25) is 14.6 Å². The molecule has 1 aliphatic rings. The van der Waals surface area contributed by atoms with Gasteiger partial charge in [0.15, 0.2) is 5.76 Å². The Kier molecular flexibility index (Phi) is 5.25. The number of carbonyl (C=O) groups excluding carboxylic acids is 2. The molecule has 1 fully saturated rings. The summed E-state index contributed by atoms with van der Waals surface area (Å²) in [5, 5.41) is 2.95. The molecule has 1 atom stereocenters. The molecule has 6 nitrogen and oxygen atoms in total. The standard InChI is InChI=1S/C18H21N3O3/c22-17(20-10-8-15-6-1-2-9-19-15)14-5-3-11-21(13-14)18(23)16-7-4-12-24-16/h1-2,4,6-7,9,12,14H,3,5,8,10-11,13H2,(H,20,22)/t14-/m0/s1. The molecule has 6 heteroatoms. The van der Waals surface area contributed by atoms with Gasteiger partial charge in [0.25, 0.3) is 5.91 Å². The van der Waals surface area contributed by atoms with E-state index in [2.05, 4.69) is 10.3 Å². The van der Waals surface area contributed by atoms with E-state index in [-0.39, 0.29) is 17.7 Å². The van der Waals surface area contributed by atoms with Crippen molar-refractivity contribution in [2.24, 2.45) is 5.92 Å². The van der Waals surface area contributed by atoms with Crippen LogP contribution in [0.4, 0.5) is 0 Å². The van der Waals surface area contributed by atoms with Gasteiger partial charge in [0.2, 0.25) is 5.91 Å². The highest BCUT2D eigenvalue weighted by molar-refractivity contribution is 5.92. The highest BCUT2D eigenvalue weighted by Gasteiger charge is 2.29. The minimum atomic E-state index is -0.165. The van der Waals surface area contributed by atoms with Crippen LogP contribution in [0.25, 0.3) is 0 Å². The first-order valence-corrected chi connectivity index (χ1v) is 8.24. The molecular weight excluding hydrogens is 306 g/mol. The Morgan fingerprint density at radius 1 is 1.29 bits per heavy atom. The van der Waals surface area contributed by atoms with E-state index in [9.17, 15) is 9.59 Å². The zero-order valence-electron chi connectivity index (χ0n) is 13.5. The molecule has 0 bridgehead atoms. The summed E-state index contributed by atoms with van der Waals surface area (Å²) in [5.41, 5.74) is 0.955.